The predicted molar refractivity (Wildman–Crippen MR) is 80.8 cm³/mol. The van der Waals surface area contributed by atoms with E-state index in [0.717, 1.165) is 44.9 Å². The van der Waals surface area contributed by atoms with Crippen LogP contribution in [0.5, 0.6) is 0 Å². The van der Waals surface area contributed by atoms with Gasteiger partial charge >= 0.3 is 5.97 Å². The number of hydrogen-bond donors (Lipinski definition) is 2. The normalized spacial score (nSPS) is 28.6. The van der Waals surface area contributed by atoms with Crippen molar-refractivity contribution in [1.29, 1.82) is 0 Å². The van der Waals surface area contributed by atoms with Gasteiger partial charge in [0.1, 0.15) is 5.54 Å². The second kappa shape index (κ2) is 6.34. The van der Waals surface area contributed by atoms with Gasteiger partial charge < -0.3 is 15.7 Å². The highest BCUT2D eigenvalue weighted by Gasteiger charge is 2.53. The Labute approximate surface area is 126 Å². The number of aliphatic carboxylic acids is 1. The maximum Gasteiger partial charge on any atom is 0.329 e. The standard InChI is InChI=1S/C16H28N2O3/c1-2-7-16(14(20)21)10-6-11-18(16)13(19)15(12-17)8-4-3-5-9-15/h2-12,17H2,1H3,(H,20,21). The van der Waals surface area contributed by atoms with Crippen molar-refractivity contribution in [2.75, 3.05) is 13.1 Å². The smallest absolute Gasteiger partial charge is 0.329 e. The summed E-state index contributed by atoms with van der Waals surface area (Å²) in [4.78, 5) is 26.7. The van der Waals surface area contributed by atoms with Crippen molar-refractivity contribution < 1.29 is 14.7 Å². The summed E-state index contributed by atoms with van der Waals surface area (Å²) in [5.74, 6) is -0.851. The second-order valence-electron chi connectivity index (χ2n) is 6.69. The van der Waals surface area contributed by atoms with Crippen LogP contribution in [0.4, 0.5) is 0 Å². The minimum atomic E-state index is -0.995. The molecule has 0 bridgehead atoms. The molecular weight excluding hydrogens is 268 g/mol. The van der Waals surface area contributed by atoms with Crippen LogP contribution in [0.25, 0.3) is 0 Å². The van der Waals surface area contributed by atoms with Crippen LogP contribution in [-0.2, 0) is 9.59 Å². The molecule has 0 radical (unpaired) electrons. The maximum atomic E-state index is 13.1. The van der Waals surface area contributed by atoms with Crippen LogP contribution >= 0.6 is 0 Å². The Hall–Kier alpha value is -1.10. The fourth-order valence-electron chi connectivity index (χ4n) is 4.20. The summed E-state index contributed by atoms with van der Waals surface area (Å²) in [6.07, 6.45) is 7.45. The number of carboxylic acid groups (broad SMARTS) is 1. The summed E-state index contributed by atoms with van der Waals surface area (Å²) < 4.78 is 0. The van der Waals surface area contributed by atoms with E-state index in [9.17, 15) is 14.7 Å². The highest BCUT2D eigenvalue weighted by Crippen LogP contribution is 2.42. The fourth-order valence-corrected chi connectivity index (χ4v) is 4.20. The summed E-state index contributed by atoms with van der Waals surface area (Å²) in [5.41, 5.74) is 4.44. The SMILES string of the molecule is CCCC1(C(=O)O)CCCN1C(=O)C1(CN)CCCCC1. The van der Waals surface area contributed by atoms with E-state index < -0.39 is 16.9 Å². The third kappa shape index (κ3) is 2.68. The molecule has 21 heavy (non-hydrogen) atoms. The van der Waals surface area contributed by atoms with E-state index in [1.165, 1.54) is 0 Å². The topological polar surface area (TPSA) is 83.6 Å². The van der Waals surface area contributed by atoms with E-state index in [1.807, 2.05) is 6.92 Å². The largest absolute Gasteiger partial charge is 0.479 e. The Bertz CT molecular complexity index is 404. The lowest BCUT2D eigenvalue weighted by atomic mass is 9.72. The molecule has 1 aliphatic carbocycles. The Morgan fingerprint density at radius 2 is 1.81 bits per heavy atom. The van der Waals surface area contributed by atoms with Crippen molar-refractivity contribution in [2.45, 2.75) is 70.3 Å². The summed E-state index contributed by atoms with van der Waals surface area (Å²) in [6.45, 7) is 2.88. The van der Waals surface area contributed by atoms with E-state index in [-0.39, 0.29) is 5.91 Å². The predicted octanol–water partition coefficient (Wildman–Crippen LogP) is 2.14. The van der Waals surface area contributed by atoms with Crippen LogP contribution in [0.1, 0.15) is 64.7 Å². The van der Waals surface area contributed by atoms with Crippen LogP contribution in [0.15, 0.2) is 0 Å². The molecule has 0 spiro atoms. The highest BCUT2D eigenvalue weighted by molar-refractivity contribution is 5.91. The maximum absolute atomic E-state index is 13.1. The molecule has 1 atom stereocenters. The van der Waals surface area contributed by atoms with Gasteiger partial charge in [0.2, 0.25) is 5.91 Å². The molecule has 1 unspecified atom stereocenters. The third-order valence-corrected chi connectivity index (χ3v) is 5.45. The molecule has 1 amide bonds. The van der Waals surface area contributed by atoms with E-state index in [1.54, 1.807) is 4.90 Å². The average molecular weight is 296 g/mol. The molecular formula is C16H28N2O3. The van der Waals surface area contributed by atoms with Crippen molar-refractivity contribution in [3.05, 3.63) is 0 Å². The third-order valence-electron chi connectivity index (χ3n) is 5.45. The molecule has 2 aliphatic rings. The zero-order valence-corrected chi connectivity index (χ0v) is 13.1. The van der Waals surface area contributed by atoms with Crippen molar-refractivity contribution in [3.8, 4) is 0 Å². The minimum absolute atomic E-state index is 0.00181. The van der Waals surface area contributed by atoms with Crippen LogP contribution in [0.2, 0.25) is 0 Å². The van der Waals surface area contributed by atoms with Crippen LogP contribution in [0, 0.1) is 5.41 Å². The van der Waals surface area contributed by atoms with Gasteiger partial charge in [0.25, 0.3) is 0 Å². The Kier molecular flexibility index (Phi) is 4.91. The fraction of sp³-hybridized carbons (Fsp3) is 0.875. The molecule has 3 N–H and O–H groups in total. The van der Waals surface area contributed by atoms with E-state index >= 15 is 0 Å². The highest BCUT2D eigenvalue weighted by atomic mass is 16.4. The molecule has 1 aliphatic heterocycles. The molecule has 0 aromatic rings. The molecule has 1 saturated carbocycles. The number of amides is 1. The summed E-state index contributed by atoms with van der Waals surface area (Å²) in [7, 11) is 0. The van der Waals surface area contributed by atoms with Gasteiger partial charge in [-0.1, -0.05) is 32.6 Å². The first-order chi connectivity index (χ1) is 10.0. The van der Waals surface area contributed by atoms with E-state index in [0.29, 0.717) is 25.9 Å². The molecule has 1 saturated heterocycles. The molecule has 1 heterocycles. The molecule has 120 valence electrons. The van der Waals surface area contributed by atoms with Crippen molar-refractivity contribution in [3.63, 3.8) is 0 Å². The quantitative estimate of drug-likeness (QED) is 0.814. The van der Waals surface area contributed by atoms with Crippen molar-refractivity contribution >= 4 is 11.9 Å². The van der Waals surface area contributed by atoms with E-state index in [4.69, 9.17) is 5.73 Å². The minimum Gasteiger partial charge on any atom is -0.479 e. The molecule has 2 rings (SSSR count). The van der Waals surface area contributed by atoms with Gasteiger partial charge in [0.15, 0.2) is 0 Å². The number of carbonyl (C=O) groups is 2. The number of carbonyl (C=O) groups excluding carboxylic acids is 1. The number of nitrogens with zero attached hydrogens (tertiary/aromatic N) is 1. The summed E-state index contributed by atoms with van der Waals surface area (Å²) in [6, 6.07) is 0. The average Bonchev–Trinajstić information content (AvgIpc) is 2.92. The van der Waals surface area contributed by atoms with Crippen LogP contribution in [-0.4, -0.2) is 40.5 Å². The van der Waals surface area contributed by atoms with Crippen LogP contribution < -0.4 is 5.73 Å². The van der Waals surface area contributed by atoms with Crippen molar-refractivity contribution in [1.82, 2.24) is 4.90 Å². The number of nitrogens with two attached hydrogens (primary N) is 1. The lowest BCUT2D eigenvalue weighted by molar-refractivity contribution is -0.162. The van der Waals surface area contributed by atoms with Gasteiger partial charge in [-0.15, -0.1) is 0 Å². The first-order valence-corrected chi connectivity index (χ1v) is 8.28. The van der Waals surface area contributed by atoms with Gasteiger partial charge in [0, 0.05) is 13.1 Å². The molecule has 5 nitrogen and oxygen atoms in total. The lowest BCUT2D eigenvalue weighted by Crippen LogP contribution is -2.58. The van der Waals surface area contributed by atoms with Gasteiger partial charge in [-0.25, -0.2) is 4.79 Å². The molecule has 0 aromatic heterocycles. The van der Waals surface area contributed by atoms with Gasteiger partial charge in [0.05, 0.1) is 5.41 Å². The Morgan fingerprint density at radius 1 is 1.14 bits per heavy atom. The van der Waals surface area contributed by atoms with Crippen molar-refractivity contribution in [2.24, 2.45) is 11.1 Å². The van der Waals surface area contributed by atoms with E-state index in [2.05, 4.69) is 0 Å². The van der Waals surface area contributed by atoms with Gasteiger partial charge in [-0.3, -0.25) is 4.79 Å². The molecule has 2 fully saturated rings. The Morgan fingerprint density at radius 3 is 2.33 bits per heavy atom. The Balaban J connectivity index is 2.29. The van der Waals surface area contributed by atoms with Gasteiger partial charge in [-0.05, 0) is 32.1 Å². The lowest BCUT2D eigenvalue weighted by Gasteiger charge is -2.43. The number of carboxylic acids is 1. The number of likely N-dealkylation sites (tertiary alicyclic amines) is 1. The molecule has 0 aromatic carbocycles. The first-order valence-electron chi connectivity index (χ1n) is 8.28. The zero-order chi connectivity index (χ0) is 15.5. The number of rotatable bonds is 5. The van der Waals surface area contributed by atoms with Crippen LogP contribution in [0.3, 0.4) is 0 Å². The zero-order valence-electron chi connectivity index (χ0n) is 13.1. The first kappa shape index (κ1) is 16.3. The number of hydrogen-bond acceptors (Lipinski definition) is 3. The van der Waals surface area contributed by atoms with Gasteiger partial charge in [-0.2, -0.15) is 0 Å². The second-order valence-corrected chi connectivity index (χ2v) is 6.69. The summed E-state index contributed by atoms with van der Waals surface area (Å²) in [5, 5.41) is 9.74. The monoisotopic (exact) mass is 296 g/mol. The summed E-state index contributed by atoms with van der Waals surface area (Å²) >= 11 is 0. The molecule has 5 heteroatoms.